The molecule has 0 heterocycles. The summed E-state index contributed by atoms with van der Waals surface area (Å²) in [6, 6.07) is 6.65. The molecule has 0 amide bonds. The van der Waals surface area contributed by atoms with E-state index < -0.39 is 11.9 Å². The first-order chi connectivity index (χ1) is 9.02. The zero-order chi connectivity index (χ0) is 14.3. The molecular formula is C13H14O6. The molecule has 0 saturated carbocycles. The molecule has 0 unspecified atom stereocenters. The van der Waals surface area contributed by atoms with E-state index in [0.717, 1.165) is 5.56 Å². The molecule has 1 aromatic carbocycles. The van der Waals surface area contributed by atoms with Crippen molar-refractivity contribution in [1.29, 1.82) is 0 Å². The largest absolute Gasteiger partial charge is 0.493 e. The quantitative estimate of drug-likeness (QED) is 0.637. The molecule has 0 radical (unpaired) electrons. The summed E-state index contributed by atoms with van der Waals surface area (Å²) >= 11 is 0. The van der Waals surface area contributed by atoms with Gasteiger partial charge in [0, 0.05) is 18.1 Å². The zero-order valence-electron chi connectivity index (χ0n) is 10.1. The van der Waals surface area contributed by atoms with Crippen molar-refractivity contribution in [2.75, 3.05) is 6.61 Å². The van der Waals surface area contributed by atoms with Gasteiger partial charge in [-0.2, -0.15) is 0 Å². The Hall–Kier alpha value is -2.34. The molecule has 3 N–H and O–H groups in total. The molecule has 6 heteroatoms. The summed E-state index contributed by atoms with van der Waals surface area (Å²) in [6.45, 7) is -0.00528. The van der Waals surface area contributed by atoms with Gasteiger partial charge in [-0.25, -0.2) is 9.59 Å². The zero-order valence-corrected chi connectivity index (χ0v) is 10.1. The molecule has 0 aliphatic heterocycles. The molecule has 1 rings (SSSR count). The number of carbonyl (C=O) groups is 2. The van der Waals surface area contributed by atoms with Crippen molar-refractivity contribution < 1.29 is 29.6 Å². The van der Waals surface area contributed by atoms with Gasteiger partial charge in [0.25, 0.3) is 0 Å². The number of hydrogen-bond acceptors (Lipinski definition) is 4. The van der Waals surface area contributed by atoms with Gasteiger partial charge >= 0.3 is 11.9 Å². The number of aliphatic carboxylic acids is 2. The fraction of sp³-hybridized carbons (Fsp3) is 0.231. The Balaban J connectivity index is 2.52. The molecule has 0 fully saturated rings. The Morgan fingerprint density at radius 3 is 2.26 bits per heavy atom. The van der Waals surface area contributed by atoms with Crippen LogP contribution in [0.3, 0.4) is 0 Å². The fourth-order valence-corrected chi connectivity index (χ4v) is 1.36. The van der Waals surface area contributed by atoms with E-state index in [2.05, 4.69) is 0 Å². The van der Waals surface area contributed by atoms with Crippen molar-refractivity contribution in [1.82, 2.24) is 0 Å². The molecule has 0 saturated heterocycles. The number of benzene rings is 1. The Labute approximate surface area is 109 Å². The molecule has 0 aliphatic carbocycles. The van der Waals surface area contributed by atoms with Crippen LogP contribution < -0.4 is 4.74 Å². The van der Waals surface area contributed by atoms with E-state index in [-0.39, 0.29) is 25.2 Å². The topological polar surface area (TPSA) is 104 Å². The number of aliphatic hydroxyl groups is 1. The second kappa shape index (κ2) is 7.17. The minimum Gasteiger partial charge on any atom is -0.493 e. The van der Waals surface area contributed by atoms with Crippen LogP contribution in [0.25, 0.3) is 0 Å². The van der Waals surface area contributed by atoms with Crippen LogP contribution >= 0.6 is 0 Å². The molecule has 0 atom stereocenters. The lowest BCUT2D eigenvalue weighted by molar-refractivity contribution is -0.135. The lowest BCUT2D eigenvalue weighted by Gasteiger charge is -2.07. The molecule has 1 aromatic rings. The van der Waals surface area contributed by atoms with Crippen molar-refractivity contribution in [2.24, 2.45) is 0 Å². The minimum atomic E-state index is -1.30. The number of aliphatic hydroxyl groups excluding tert-OH is 1. The molecule has 0 aliphatic rings. The van der Waals surface area contributed by atoms with Gasteiger partial charge in [-0.3, -0.25) is 0 Å². The Morgan fingerprint density at radius 1 is 1.16 bits per heavy atom. The third-order valence-electron chi connectivity index (χ3n) is 2.32. The van der Waals surface area contributed by atoms with Gasteiger partial charge in [-0.1, -0.05) is 12.1 Å². The van der Waals surface area contributed by atoms with Crippen LogP contribution in [-0.4, -0.2) is 33.9 Å². The normalized spacial score (nSPS) is 11.1. The third kappa shape index (κ3) is 5.22. The maximum Gasteiger partial charge on any atom is 0.331 e. The van der Waals surface area contributed by atoms with Gasteiger partial charge < -0.3 is 20.1 Å². The molecule has 6 nitrogen and oxygen atoms in total. The van der Waals surface area contributed by atoms with Crippen LogP contribution in [0.4, 0.5) is 0 Å². The second-order valence-corrected chi connectivity index (χ2v) is 3.71. The van der Waals surface area contributed by atoms with Crippen LogP contribution in [0.2, 0.25) is 0 Å². The highest BCUT2D eigenvalue weighted by atomic mass is 16.5. The van der Waals surface area contributed by atoms with Crippen LogP contribution in [-0.2, 0) is 16.2 Å². The summed E-state index contributed by atoms with van der Waals surface area (Å²) in [7, 11) is 0. The van der Waals surface area contributed by atoms with E-state index in [1.807, 2.05) is 0 Å². The predicted molar refractivity (Wildman–Crippen MR) is 65.8 cm³/mol. The average molecular weight is 266 g/mol. The van der Waals surface area contributed by atoms with Crippen molar-refractivity contribution >= 4 is 11.9 Å². The molecular weight excluding hydrogens is 252 g/mol. The summed E-state index contributed by atoms with van der Waals surface area (Å²) < 4.78 is 5.29. The number of rotatable bonds is 7. The van der Waals surface area contributed by atoms with Crippen LogP contribution in [0, 0.1) is 0 Å². The summed E-state index contributed by atoms with van der Waals surface area (Å²) in [5.41, 5.74) is 0.517. The van der Waals surface area contributed by atoms with Crippen molar-refractivity contribution in [2.45, 2.75) is 13.0 Å². The third-order valence-corrected chi connectivity index (χ3v) is 2.32. The Morgan fingerprint density at radius 2 is 1.79 bits per heavy atom. The standard InChI is InChI=1S/C13H14O6/c14-8-9-1-3-11(4-2-9)19-6-5-10(13(17)18)7-12(15)16/h1-4,7,14H,5-6,8H2,(H,15,16)(H,17,18)/b10-7-. The summed E-state index contributed by atoms with van der Waals surface area (Å²) in [5, 5.41) is 26.1. The van der Waals surface area contributed by atoms with E-state index in [1.54, 1.807) is 24.3 Å². The smallest absolute Gasteiger partial charge is 0.331 e. The molecule has 0 spiro atoms. The van der Waals surface area contributed by atoms with Gasteiger partial charge in [-0.15, -0.1) is 0 Å². The maximum absolute atomic E-state index is 10.7. The number of carboxylic acid groups (broad SMARTS) is 2. The number of carboxylic acids is 2. The molecule has 19 heavy (non-hydrogen) atoms. The van der Waals surface area contributed by atoms with Gasteiger partial charge in [0.05, 0.1) is 13.2 Å². The second-order valence-electron chi connectivity index (χ2n) is 3.71. The average Bonchev–Trinajstić information content (AvgIpc) is 2.37. The van der Waals surface area contributed by atoms with E-state index >= 15 is 0 Å². The van der Waals surface area contributed by atoms with Gasteiger partial charge in [0.1, 0.15) is 5.75 Å². The first-order valence-electron chi connectivity index (χ1n) is 5.52. The Bertz CT molecular complexity index is 474. The highest BCUT2D eigenvalue weighted by Crippen LogP contribution is 2.13. The van der Waals surface area contributed by atoms with Gasteiger partial charge in [0.2, 0.25) is 0 Å². The minimum absolute atomic E-state index is 0.0105. The van der Waals surface area contributed by atoms with Crippen LogP contribution in [0.1, 0.15) is 12.0 Å². The van der Waals surface area contributed by atoms with Crippen molar-refractivity contribution in [3.8, 4) is 5.75 Å². The van der Waals surface area contributed by atoms with E-state index in [1.165, 1.54) is 0 Å². The van der Waals surface area contributed by atoms with E-state index in [4.69, 9.17) is 20.1 Å². The monoisotopic (exact) mass is 266 g/mol. The number of ether oxygens (including phenoxy) is 1. The van der Waals surface area contributed by atoms with Gasteiger partial charge in [-0.05, 0) is 17.7 Å². The Kier molecular flexibility index (Phi) is 5.56. The summed E-state index contributed by atoms with van der Waals surface area (Å²) in [6.07, 6.45) is 0.643. The highest BCUT2D eigenvalue weighted by molar-refractivity contribution is 5.94. The van der Waals surface area contributed by atoms with Crippen molar-refractivity contribution in [3.63, 3.8) is 0 Å². The molecule has 0 aromatic heterocycles. The molecule has 0 bridgehead atoms. The summed E-state index contributed by atoms with van der Waals surface area (Å²) in [4.78, 5) is 21.2. The first kappa shape index (κ1) is 14.7. The first-order valence-corrected chi connectivity index (χ1v) is 5.52. The SMILES string of the molecule is O=C(O)/C=C(/CCOc1ccc(CO)cc1)C(=O)O. The number of hydrogen-bond donors (Lipinski definition) is 3. The van der Waals surface area contributed by atoms with Crippen molar-refractivity contribution in [3.05, 3.63) is 41.5 Å². The predicted octanol–water partition coefficient (Wildman–Crippen LogP) is 1.04. The fourth-order valence-electron chi connectivity index (χ4n) is 1.36. The van der Waals surface area contributed by atoms with E-state index in [9.17, 15) is 9.59 Å². The molecule has 102 valence electrons. The maximum atomic E-state index is 10.7. The summed E-state index contributed by atoms with van der Waals surface area (Å²) in [5.74, 6) is -2.05. The van der Waals surface area contributed by atoms with Gasteiger partial charge in [0.15, 0.2) is 0 Å². The lowest BCUT2D eigenvalue weighted by Crippen LogP contribution is -2.08. The lowest BCUT2D eigenvalue weighted by atomic mass is 10.2. The highest BCUT2D eigenvalue weighted by Gasteiger charge is 2.09. The van der Waals surface area contributed by atoms with E-state index in [0.29, 0.717) is 11.8 Å². The van der Waals surface area contributed by atoms with Crippen LogP contribution in [0.15, 0.2) is 35.9 Å². The van der Waals surface area contributed by atoms with Crippen LogP contribution in [0.5, 0.6) is 5.75 Å².